The van der Waals surface area contributed by atoms with E-state index in [1.54, 1.807) is 0 Å². The number of nitrogens with zero attached hydrogens (tertiary/aromatic N) is 1. The van der Waals surface area contributed by atoms with Crippen molar-refractivity contribution < 1.29 is 0 Å². The molecule has 0 spiro atoms. The molecular formula is C16H39N. The number of hydrogen-bond donors (Lipinski definition) is 0. The molecule has 108 valence electrons. The summed E-state index contributed by atoms with van der Waals surface area (Å²) < 4.78 is 0. The summed E-state index contributed by atoms with van der Waals surface area (Å²) in [5, 5.41) is 0. The van der Waals surface area contributed by atoms with Gasteiger partial charge in [0.05, 0.1) is 0 Å². The molecule has 1 fully saturated rings. The van der Waals surface area contributed by atoms with Gasteiger partial charge in [0.1, 0.15) is 0 Å². The highest BCUT2D eigenvalue weighted by Gasteiger charge is 2.27. The zero-order valence-electron chi connectivity index (χ0n) is 14.4. The third-order valence-corrected chi connectivity index (χ3v) is 3.04. The third kappa shape index (κ3) is 12.2. The Morgan fingerprint density at radius 3 is 1.29 bits per heavy atom. The van der Waals surface area contributed by atoms with Crippen molar-refractivity contribution in [3.63, 3.8) is 0 Å². The molecule has 0 saturated heterocycles. The first kappa shape index (κ1) is 22.2. The lowest BCUT2D eigenvalue weighted by Crippen LogP contribution is -2.34. The quantitative estimate of drug-likeness (QED) is 0.581. The first-order valence-corrected chi connectivity index (χ1v) is 7.68. The first-order valence-electron chi connectivity index (χ1n) is 7.68. The summed E-state index contributed by atoms with van der Waals surface area (Å²) in [5.41, 5.74) is 0.618. The fraction of sp³-hybridized carbons (Fsp3) is 1.00. The second-order valence-electron chi connectivity index (χ2n) is 4.86. The molecule has 1 nitrogen and oxygen atoms in total. The minimum atomic E-state index is 0.618. The second kappa shape index (κ2) is 14.0. The maximum atomic E-state index is 2.39. The van der Waals surface area contributed by atoms with Gasteiger partial charge in [-0.2, -0.15) is 0 Å². The fourth-order valence-corrected chi connectivity index (χ4v) is 1.90. The average molecular weight is 245 g/mol. The Morgan fingerprint density at radius 2 is 1.06 bits per heavy atom. The standard InChI is InChI=1S/C10H21N.3C2H6/c1-10(2)7-5-9(6-8-10)11(3)4;3*1-2/h9H,5-8H2,1-4H3;3*1-2H3. The van der Waals surface area contributed by atoms with E-state index in [9.17, 15) is 0 Å². The molecule has 0 bridgehead atoms. The molecule has 1 aliphatic rings. The minimum Gasteiger partial charge on any atom is -0.306 e. The van der Waals surface area contributed by atoms with Gasteiger partial charge in [-0.25, -0.2) is 0 Å². The van der Waals surface area contributed by atoms with Crippen molar-refractivity contribution in [1.82, 2.24) is 4.90 Å². The highest BCUT2D eigenvalue weighted by Crippen LogP contribution is 2.36. The smallest absolute Gasteiger partial charge is 0.00895 e. The number of rotatable bonds is 1. The van der Waals surface area contributed by atoms with Gasteiger partial charge in [-0.15, -0.1) is 0 Å². The minimum absolute atomic E-state index is 0.618. The Kier molecular flexibility index (Phi) is 18.3. The molecular weight excluding hydrogens is 206 g/mol. The van der Waals surface area contributed by atoms with Crippen LogP contribution in [0.25, 0.3) is 0 Å². The summed E-state index contributed by atoms with van der Waals surface area (Å²) in [7, 11) is 4.39. The molecule has 0 aromatic heterocycles. The lowest BCUT2D eigenvalue weighted by molar-refractivity contribution is 0.146. The first-order chi connectivity index (χ1) is 8.01. The zero-order chi connectivity index (χ0) is 14.5. The Balaban J connectivity index is -0.000000285. The van der Waals surface area contributed by atoms with Crippen LogP contribution in [0, 0.1) is 5.41 Å². The predicted octanol–water partition coefficient (Wildman–Crippen LogP) is 5.60. The van der Waals surface area contributed by atoms with Gasteiger partial charge in [-0.3, -0.25) is 0 Å². The summed E-state index contributed by atoms with van der Waals surface area (Å²) in [6, 6.07) is 0.850. The normalized spacial score (nSPS) is 17.8. The summed E-state index contributed by atoms with van der Waals surface area (Å²) in [5.74, 6) is 0. The van der Waals surface area contributed by atoms with Crippen molar-refractivity contribution in [3.05, 3.63) is 0 Å². The molecule has 1 heteroatoms. The van der Waals surface area contributed by atoms with Gasteiger partial charge in [-0.1, -0.05) is 55.4 Å². The third-order valence-electron chi connectivity index (χ3n) is 3.04. The van der Waals surface area contributed by atoms with Gasteiger partial charge >= 0.3 is 0 Å². The largest absolute Gasteiger partial charge is 0.306 e. The van der Waals surface area contributed by atoms with Gasteiger partial charge in [0.15, 0.2) is 0 Å². The summed E-state index contributed by atoms with van der Waals surface area (Å²) in [6.45, 7) is 16.8. The maximum absolute atomic E-state index is 2.39. The van der Waals surface area contributed by atoms with E-state index in [1.165, 1.54) is 25.7 Å². The van der Waals surface area contributed by atoms with Gasteiger partial charge in [0.2, 0.25) is 0 Å². The van der Waals surface area contributed by atoms with Gasteiger partial charge in [0, 0.05) is 6.04 Å². The van der Waals surface area contributed by atoms with Gasteiger partial charge in [0.25, 0.3) is 0 Å². The molecule has 0 unspecified atom stereocenters. The van der Waals surface area contributed by atoms with Crippen LogP contribution in [0.4, 0.5) is 0 Å². The zero-order valence-corrected chi connectivity index (χ0v) is 14.4. The van der Waals surface area contributed by atoms with E-state index in [1.807, 2.05) is 41.5 Å². The molecule has 0 N–H and O–H groups in total. The van der Waals surface area contributed by atoms with Crippen LogP contribution in [0.5, 0.6) is 0 Å². The van der Waals surface area contributed by atoms with Crippen molar-refractivity contribution in [3.8, 4) is 0 Å². The average Bonchev–Trinajstić information content (AvgIpc) is 2.36. The monoisotopic (exact) mass is 245 g/mol. The summed E-state index contributed by atoms with van der Waals surface area (Å²) in [4.78, 5) is 2.37. The van der Waals surface area contributed by atoms with Crippen LogP contribution in [0.1, 0.15) is 81.1 Å². The van der Waals surface area contributed by atoms with E-state index in [0.29, 0.717) is 5.41 Å². The fourth-order valence-electron chi connectivity index (χ4n) is 1.90. The lowest BCUT2D eigenvalue weighted by atomic mass is 9.75. The molecule has 1 rings (SSSR count). The Hall–Kier alpha value is -0.0400. The molecule has 0 atom stereocenters. The number of hydrogen-bond acceptors (Lipinski definition) is 1. The SMILES string of the molecule is CC.CC.CC.CN(C)C1CCC(C)(C)CC1. The summed E-state index contributed by atoms with van der Waals surface area (Å²) in [6.07, 6.45) is 5.58. The summed E-state index contributed by atoms with van der Waals surface area (Å²) >= 11 is 0. The molecule has 0 radical (unpaired) electrons. The van der Waals surface area contributed by atoms with Crippen molar-refractivity contribution in [1.29, 1.82) is 0 Å². The van der Waals surface area contributed by atoms with Crippen molar-refractivity contribution in [2.24, 2.45) is 5.41 Å². The molecule has 0 heterocycles. The van der Waals surface area contributed by atoms with Crippen LogP contribution in [0.15, 0.2) is 0 Å². The van der Waals surface area contributed by atoms with Crippen LogP contribution < -0.4 is 0 Å². The van der Waals surface area contributed by atoms with Crippen molar-refractivity contribution in [2.75, 3.05) is 14.1 Å². The van der Waals surface area contributed by atoms with Crippen molar-refractivity contribution in [2.45, 2.75) is 87.1 Å². The molecule has 0 amide bonds. The van der Waals surface area contributed by atoms with Crippen LogP contribution in [0.2, 0.25) is 0 Å². The van der Waals surface area contributed by atoms with Crippen LogP contribution in [-0.4, -0.2) is 25.0 Å². The lowest BCUT2D eigenvalue weighted by Gasteiger charge is -2.37. The highest BCUT2D eigenvalue weighted by atomic mass is 15.1. The van der Waals surface area contributed by atoms with Crippen LogP contribution in [0.3, 0.4) is 0 Å². The molecule has 17 heavy (non-hydrogen) atoms. The van der Waals surface area contributed by atoms with E-state index in [4.69, 9.17) is 0 Å². The van der Waals surface area contributed by atoms with Crippen LogP contribution in [-0.2, 0) is 0 Å². The van der Waals surface area contributed by atoms with E-state index >= 15 is 0 Å². The van der Waals surface area contributed by atoms with E-state index < -0.39 is 0 Å². The molecule has 0 aromatic carbocycles. The Bertz CT molecular complexity index is 117. The second-order valence-corrected chi connectivity index (χ2v) is 4.86. The Morgan fingerprint density at radius 1 is 0.765 bits per heavy atom. The Labute approximate surface area is 112 Å². The van der Waals surface area contributed by atoms with Gasteiger partial charge < -0.3 is 4.90 Å². The van der Waals surface area contributed by atoms with E-state index in [2.05, 4.69) is 32.8 Å². The molecule has 0 aromatic rings. The van der Waals surface area contributed by atoms with Crippen LogP contribution >= 0.6 is 0 Å². The predicted molar refractivity (Wildman–Crippen MR) is 83.8 cm³/mol. The van der Waals surface area contributed by atoms with E-state index in [0.717, 1.165) is 6.04 Å². The highest BCUT2D eigenvalue weighted by molar-refractivity contribution is 4.81. The molecule has 1 aliphatic carbocycles. The topological polar surface area (TPSA) is 3.24 Å². The van der Waals surface area contributed by atoms with E-state index in [-0.39, 0.29) is 0 Å². The van der Waals surface area contributed by atoms with Crippen molar-refractivity contribution >= 4 is 0 Å². The molecule has 0 aliphatic heterocycles. The maximum Gasteiger partial charge on any atom is 0.00895 e. The molecule has 1 saturated carbocycles. The van der Waals surface area contributed by atoms with Gasteiger partial charge in [-0.05, 0) is 45.2 Å².